The largest absolute Gasteiger partial charge is 0.311 e. The fourth-order valence-corrected chi connectivity index (χ4v) is 4.82. The van der Waals surface area contributed by atoms with Gasteiger partial charge in [-0.1, -0.05) is 39.5 Å². The van der Waals surface area contributed by atoms with Gasteiger partial charge in [0.15, 0.2) is 0 Å². The molecule has 1 N–H and O–H groups in total. The normalized spacial score (nSPS) is 28.9. The molecule has 21 heavy (non-hydrogen) atoms. The van der Waals surface area contributed by atoms with Crippen LogP contribution in [0.15, 0.2) is 0 Å². The van der Waals surface area contributed by atoms with Gasteiger partial charge in [0.2, 0.25) is 0 Å². The fourth-order valence-electron chi connectivity index (χ4n) is 4.20. The van der Waals surface area contributed by atoms with Crippen LogP contribution in [-0.2, 0) is 0 Å². The van der Waals surface area contributed by atoms with Crippen LogP contribution in [0.2, 0.25) is 0 Å². The van der Waals surface area contributed by atoms with Crippen molar-refractivity contribution >= 4 is 11.8 Å². The van der Waals surface area contributed by atoms with Crippen LogP contribution in [0.25, 0.3) is 0 Å². The summed E-state index contributed by atoms with van der Waals surface area (Å²) >= 11 is 2.10. The molecule has 0 aromatic heterocycles. The van der Waals surface area contributed by atoms with E-state index in [2.05, 4.69) is 35.8 Å². The summed E-state index contributed by atoms with van der Waals surface area (Å²) in [6.07, 6.45) is 11.4. The highest BCUT2D eigenvalue weighted by molar-refractivity contribution is 7.99. The molecule has 2 atom stereocenters. The Balaban J connectivity index is 1.85. The van der Waals surface area contributed by atoms with Crippen LogP contribution in [0.4, 0.5) is 0 Å². The van der Waals surface area contributed by atoms with Crippen LogP contribution >= 0.6 is 11.8 Å². The zero-order valence-electron chi connectivity index (χ0n) is 14.3. The van der Waals surface area contributed by atoms with Gasteiger partial charge in [-0.3, -0.25) is 4.90 Å². The number of hydrogen-bond donors (Lipinski definition) is 1. The van der Waals surface area contributed by atoms with Crippen LogP contribution in [0.3, 0.4) is 0 Å². The van der Waals surface area contributed by atoms with E-state index in [0.717, 1.165) is 18.0 Å². The average molecular weight is 313 g/mol. The van der Waals surface area contributed by atoms with Gasteiger partial charge in [-0.2, -0.15) is 11.8 Å². The molecular weight excluding hydrogens is 276 g/mol. The molecular formula is C18H36N2S. The Hall–Kier alpha value is 0.270. The molecule has 1 saturated heterocycles. The molecule has 2 unspecified atom stereocenters. The van der Waals surface area contributed by atoms with Crippen molar-refractivity contribution in [2.24, 2.45) is 5.92 Å². The zero-order valence-corrected chi connectivity index (χ0v) is 15.1. The first-order valence-corrected chi connectivity index (χ1v) is 10.6. The first kappa shape index (κ1) is 17.6. The molecule has 1 saturated carbocycles. The van der Waals surface area contributed by atoms with Crippen molar-refractivity contribution < 1.29 is 0 Å². The number of thioether (sulfide) groups is 1. The van der Waals surface area contributed by atoms with E-state index in [1.54, 1.807) is 0 Å². The maximum absolute atomic E-state index is 3.85. The van der Waals surface area contributed by atoms with Crippen molar-refractivity contribution in [1.82, 2.24) is 10.2 Å². The Morgan fingerprint density at radius 3 is 2.67 bits per heavy atom. The van der Waals surface area contributed by atoms with Crippen molar-refractivity contribution in [3.63, 3.8) is 0 Å². The molecule has 0 aromatic carbocycles. The van der Waals surface area contributed by atoms with Gasteiger partial charge in [0.1, 0.15) is 0 Å². The number of hydrogen-bond acceptors (Lipinski definition) is 3. The molecule has 0 amide bonds. The minimum Gasteiger partial charge on any atom is -0.311 e. The predicted octanol–water partition coefficient (Wildman–Crippen LogP) is 4.15. The van der Waals surface area contributed by atoms with E-state index < -0.39 is 0 Å². The SMILES string of the molecule is CCCC1CN(CCCSCC)C(C2CCCCC2)CN1. The number of nitrogens with one attached hydrogen (secondary N) is 1. The number of nitrogens with zero attached hydrogens (tertiary/aromatic N) is 1. The van der Waals surface area contributed by atoms with Crippen molar-refractivity contribution in [3.05, 3.63) is 0 Å². The van der Waals surface area contributed by atoms with Gasteiger partial charge < -0.3 is 5.32 Å². The molecule has 1 aliphatic carbocycles. The summed E-state index contributed by atoms with van der Waals surface area (Å²) in [5, 5.41) is 3.85. The molecule has 2 aliphatic rings. The van der Waals surface area contributed by atoms with E-state index in [1.807, 2.05) is 0 Å². The molecule has 3 heteroatoms. The maximum atomic E-state index is 3.85. The van der Waals surface area contributed by atoms with Crippen molar-refractivity contribution in [2.75, 3.05) is 31.1 Å². The Bertz CT molecular complexity index is 266. The van der Waals surface area contributed by atoms with E-state index >= 15 is 0 Å². The van der Waals surface area contributed by atoms with Crippen LogP contribution in [-0.4, -0.2) is 48.1 Å². The van der Waals surface area contributed by atoms with Gasteiger partial charge >= 0.3 is 0 Å². The Kier molecular flexibility index (Phi) is 8.49. The lowest BCUT2D eigenvalue weighted by Gasteiger charge is -2.45. The third-order valence-corrected chi connectivity index (χ3v) is 6.29. The molecule has 1 aliphatic heterocycles. The number of piperazine rings is 1. The summed E-state index contributed by atoms with van der Waals surface area (Å²) in [4.78, 5) is 2.86. The molecule has 0 aromatic rings. The molecule has 2 fully saturated rings. The first-order valence-electron chi connectivity index (χ1n) is 9.40. The van der Waals surface area contributed by atoms with Gasteiger partial charge in [-0.05, 0) is 49.7 Å². The predicted molar refractivity (Wildman–Crippen MR) is 96.3 cm³/mol. The van der Waals surface area contributed by atoms with Gasteiger partial charge in [0, 0.05) is 25.2 Å². The summed E-state index contributed by atoms with van der Waals surface area (Å²) in [7, 11) is 0. The molecule has 2 nitrogen and oxygen atoms in total. The third kappa shape index (κ3) is 5.76. The van der Waals surface area contributed by atoms with Gasteiger partial charge in [-0.15, -0.1) is 0 Å². The van der Waals surface area contributed by atoms with Crippen LogP contribution < -0.4 is 5.32 Å². The number of rotatable bonds is 8. The summed E-state index contributed by atoms with van der Waals surface area (Å²) < 4.78 is 0. The smallest absolute Gasteiger partial charge is 0.0249 e. The molecule has 124 valence electrons. The molecule has 0 bridgehead atoms. The lowest BCUT2D eigenvalue weighted by atomic mass is 9.82. The summed E-state index contributed by atoms with van der Waals surface area (Å²) in [6.45, 7) is 8.47. The third-order valence-electron chi connectivity index (χ3n) is 5.31. The highest BCUT2D eigenvalue weighted by Gasteiger charge is 2.33. The summed E-state index contributed by atoms with van der Waals surface area (Å²) in [5.41, 5.74) is 0. The molecule has 0 radical (unpaired) electrons. The van der Waals surface area contributed by atoms with E-state index in [-0.39, 0.29) is 0 Å². The van der Waals surface area contributed by atoms with E-state index in [0.29, 0.717) is 0 Å². The van der Waals surface area contributed by atoms with E-state index in [9.17, 15) is 0 Å². The summed E-state index contributed by atoms with van der Waals surface area (Å²) in [5.74, 6) is 3.58. The monoisotopic (exact) mass is 312 g/mol. The highest BCUT2D eigenvalue weighted by Crippen LogP contribution is 2.30. The van der Waals surface area contributed by atoms with Crippen LogP contribution in [0.1, 0.15) is 65.2 Å². The van der Waals surface area contributed by atoms with E-state index in [4.69, 9.17) is 0 Å². The summed E-state index contributed by atoms with van der Waals surface area (Å²) in [6, 6.07) is 1.57. The van der Waals surface area contributed by atoms with Crippen molar-refractivity contribution in [3.8, 4) is 0 Å². The lowest BCUT2D eigenvalue weighted by Crippen LogP contribution is -2.59. The standard InChI is InChI=1S/C18H36N2S/c1-3-9-17-15-20(12-8-13-21-4-2)18(14-19-17)16-10-6-5-7-11-16/h16-19H,3-15H2,1-2H3. The second-order valence-corrected chi connectivity index (χ2v) is 8.30. The van der Waals surface area contributed by atoms with E-state index in [1.165, 1.54) is 82.5 Å². The Labute approximate surface area is 136 Å². The Morgan fingerprint density at radius 2 is 1.95 bits per heavy atom. The molecule has 2 rings (SSSR count). The van der Waals surface area contributed by atoms with Crippen LogP contribution in [0, 0.1) is 5.92 Å². The average Bonchev–Trinajstić information content (AvgIpc) is 2.53. The minimum absolute atomic E-state index is 0.744. The first-order chi connectivity index (χ1) is 10.3. The quantitative estimate of drug-likeness (QED) is 0.678. The zero-order chi connectivity index (χ0) is 14.9. The molecule has 1 heterocycles. The van der Waals surface area contributed by atoms with Gasteiger partial charge in [0.25, 0.3) is 0 Å². The minimum atomic E-state index is 0.744. The van der Waals surface area contributed by atoms with Crippen molar-refractivity contribution in [1.29, 1.82) is 0 Å². The lowest BCUT2D eigenvalue weighted by molar-refractivity contribution is 0.0701. The molecule has 0 spiro atoms. The van der Waals surface area contributed by atoms with Gasteiger partial charge in [0.05, 0.1) is 0 Å². The van der Waals surface area contributed by atoms with Crippen LogP contribution in [0.5, 0.6) is 0 Å². The Morgan fingerprint density at radius 1 is 1.14 bits per heavy atom. The highest BCUT2D eigenvalue weighted by atomic mass is 32.2. The fraction of sp³-hybridized carbons (Fsp3) is 1.00. The van der Waals surface area contributed by atoms with Gasteiger partial charge in [-0.25, -0.2) is 0 Å². The maximum Gasteiger partial charge on any atom is 0.0249 e. The van der Waals surface area contributed by atoms with Crippen molar-refractivity contribution in [2.45, 2.75) is 77.3 Å². The second kappa shape index (κ2) is 10.1. The second-order valence-electron chi connectivity index (χ2n) is 6.90. The topological polar surface area (TPSA) is 15.3 Å².